The maximum Gasteiger partial charge on any atom is 0.336 e. The molecule has 2 aromatic carbocycles. The maximum absolute atomic E-state index is 11.6. The first-order valence-electron chi connectivity index (χ1n) is 7.17. The Kier molecular flexibility index (Phi) is 3.62. The van der Waals surface area contributed by atoms with E-state index in [4.69, 9.17) is 5.73 Å². The summed E-state index contributed by atoms with van der Waals surface area (Å²) in [6.45, 7) is 0. The Morgan fingerprint density at radius 3 is 2.43 bits per heavy atom. The number of nitrogens with two attached hydrogens (primary N) is 1. The van der Waals surface area contributed by atoms with Crippen molar-refractivity contribution in [3.8, 4) is 11.1 Å². The first kappa shape index (κ1) is 14.8. The summed E-state index contributed by atoms with van der Waals surface area (Å²) in [5, 5.41) is 11.0. The molecule has 23 heavy (non-hydrogen) atoms. The fraction of sp³-hybridized carbons (Fsp3) is 0.111. The van der Waals surface area contributed by atoms with E-state index >= 15 is 0 Å². The van der Waals surface area contributed by atoms with Crippen LogP contribution in [-0.4, -0.2) is 30.2 Å². The summed E-state index contributed by atoms with van der Waals surface area (Å²) in [6, 6.07) is 12.7. The van der Waals surface area contributed by atoms with Crippen molar-refractivity contribution in [3.63, 3.8) is 0 Å². The number of aromatic nitrogens is 1. The molecular weight excluding hydrogens is 290 g/mol. The number of hydrogen-bond donors (Lipinski definition) is 2. The molecule has 0 unspecified atom stereocenters. The van der Waals surface area contributed by atoms with E-state index in [0.29, 0.717) is 16.9 Å². The number of benzene rings is 2. The standard InChI is InChI=1S/C18H17N3O2/c1-21(2)17-16-13(4-3-5-14(16)18(22)23)15(10-20-17)11-6-8-12(19)9-7-11/h3-10H,19H2,1-2H3,(H,22,23). The number of nitrogen functional groups attached to an aromatic ring is 1. The molecule has 3 aromatic rings. The van der Waals surface area contributed by atoms with Crippen molar-refractivity contribution in [3.05, 3.63) is 54.2 Å². The fourth-order valence-electron chi connectivity index (χ4n) is 2.69. The van der Waals surface area contributed by atoms with Gasteiger partial charge in [-0.2, -0.15) is 0 Å². The number of carboxylic acid groups (broad SMARTS) is 1. The van der Waals surface area contributed by atoms with Gasteiger partial charge in [0.15, 0.2) is 0 Å². The molecule has 5 heteroatoms. The molecule has 116 valence electrons. The van der Waals surface area contributed by atoms with Crippen LogP contribution in [0.15, 0.2) is 48.7 Å². The Morgan fingerprint density at radius 2 is 1.83 bits per heavy atom. The smallest absolute Gasteiger partial charge is 0.336 e. The van der Waals surface area contributed by atoms with Crippen LogP contribution in [0.2, 0.25) is 0 Å². The molecule has 0 atom stereocenters. The van der Waals surface area contributed by atoms with E-state index < -0.39 is 5.97 Å². The molecule has 1 heterocycles. The summed E-state index contributed by atoms with van der Waals surface area (Å²) in [7, 11) is 3.70. The van der Waals surface area contributed by atoms with Gasteiger partial charge in [-0.05, 0) is 29.1 Å². The van der Waals surface area contributed by atoms with E-state index in [1.165, 1.54) is 0 Å². The van der Waals surface area contributed by atoms with Crippen molar-refractivity contribution in [2.24, 2.45) is 0 Å². The minimum absolute atomic E-state index is 0.246. The highest BCUT2D eigenvalue weighted by Gasteiger charge is 2.17. The lowest BCUT2D eigenvalue weighted by molar-refractivity contribution is 0.0699. The lowest BCUT2D eigenvalue weighted by Crippen LogP contribution is -2.13. The normalized spacial score (nSPS) is 10.7. The van der Waals surface area contributed by atoms with Gasteiger partial charge < -0.3 is 15.7 Å². The van der Waals surface area contributed by atoms with Gasteiger partial charge >= 0.3 is 5.97 Å². The molecule has 0 spiro atoms. The van der Waals surface area contributed by atoms with Crippen molar-refractivity contribution in [2.45, 2.75) is 0 Å². The summed E-state index contributed by atoms with van der Waals surface area (Å²) in [5.41, 5.74) is 8.51. The molecule has 5 nitrogen and oxygen atoms in total. The Bertz CT molecular complexity index is 887. The second-order valence-electron chi connectivity index (χ2n) is 5.55. The number of pyridine rings is 1. The number of aromatic carboxylic acids is 1. The van der Waals surface area contributed by atoms with E-state index in [2.05, 4.69) is 4.98 Å². The predicted molar refractivity (Wildman–Crippen MR) is 92.9 cm³/mol. The average molecular weight is 307 g/mol. The SMILES string of the molecule is CN(C)c1ncc(-c2ccc(N)cc2)c2cccc(C(=O)O)c12. The van der Waals surface area contributed by atoms with Gasteiger partial charge in [0, 0.05) is 36.9 Å². The Hall–Kier alpha value is -3.08. The number of hydrogen-bond acceptors (Lipinski definition) is 4. The van der Waals surface area contributed by atoms with Gasteiger partial charge in [-0.15, -0.1) is 0 Å². The number of fused-ring (bicyclic) bond motifs is 1. The van der Waals surface area contributed by atoms with Crippen molar-refractivity contribution in [2.75, 3.05) is 24.7 Å². The van der Waals surface area contributed by atoms with Gasteiger partial charge in [-0.25, -0.2) is 9.78 Å². The van der Waals surface area contributed by atoms with Crippen LogP contribution >= 0.6 is 0 Å². The van der Waals surface area contributed by atoms with Crippen LogP contribution in [-0.2, 0) is 0 Å². The monoisotopic (exact) mass is 307 g/mol. The lowest BCUT2D eigenvalue weighted by atomic mass is 9.97. The molecule has 0 aliphatic carbocycles. The Labute approximate surface area is 134 Å². The molecule has 1 aromatic heterocycles. The molecule has 0 amide bonds. The first-order chi connectivity index (χ1) is 11.0. The van der Waals surface area contributed by atoms with Crippen LogP contribution in [0, 0.1) is 0 Å². The number of carboxylic acids is 1. The quantitative estimate of drug-likeness (QED) is 0.726. The van der Waals surface area contributed by atoms with Crippen molar-refractivity contribution >= 4 is 28.2 Å². The molecule has 0 saturated carbocycles. The van der Waals surface area contributed by atoms with Gasteiger partial charge in [-0.1, -0.05) is 24.3 Å². The first-order valence-corrected chi connectivity index (χ1v) is 7.17. The average Bonchev–Trinajstić information content (AvgIpc) is 2.53. The van der Waals surface area contributed by atoms with Gasteiger partial charge in [0.2, 0.25) is 0 Å². The van der Waals surface area contributed by atoms with E-state index in [0.717, 1.165) is 16.5 Å². The minimum atomic E-state index is -0.963. The number of rotatable bonds is 3. The van der Waals surface area contributed by atoms with E-state index in [1.54, 1.807) is 18.3 Å². The van der Waals surface area contributed by atoms with Crippen LogP contribution in [0.4, 0.5) is 11.5 Å². The van der Waals surface area contributed by atoms with Crippen LogP contribution in [0.25, 0.3) is 21.9 Å². The van der Waals surface area contributed by atoms with E-state index in [9.17, 15) is 9.90 Å². The van der Waals surface area contributed by atoms with Crippen LogP contribution in [0.5, 0.6) is 0 Å². The Balaban J connectivity index is 2.38. The summed E-state index contributed by atoms with van der Waals surface area (Å²) in [6.07, 6.45) is 1.77. The molecule has 0 aliphatic rings. The van der Waals surface area contributed by atoms with Crippen LogP contribution in [0.1, 0.15) is 10.4 Å². The molecule has 3 rings (SSSR count). The molecule has 0 aliphatic heterocycles. The molecule has 0 radical (unpaired) electrons. The second kappa shape index (κ2) is 5.61. The van der Waals surface area contributed by atoms with Gasteiger partial charge in [0.05, 0.1) is 5.56 Å². The molecule has 0 fully saturated rings. The van der Waals surface area contributed by atoms with Crippen molar-refractivity contribution in [1.29, 1.82) is 0 Å². The predicted octanol–water partition coefficient (Wildman–Crippen LogP) is 3.25. The van der Waals surface area contributed by atoms with Crippen molar-refractivity contribution < 1.29 is 9.90 Å². The van der Waals surface area contributed by atoms with Gasteiger partial charge in [0.1, 0.15) is 5.82 Å². The number of anilines is 2. The highest BCUT2D eigenvalue weighted by atomic mass is 16.4. The largest absolute Gasteiger partial charge is 0.478 e. The third-order valence-electron chi connectivity index (χ3n) is 3.77. The van der Waals surface area contributed by atoms with Crippen LogP contribution < -0.4 is 10.6 Å². The number of nitrogens with zero attached hydrogens (tertiary/aromatic N) is 2. The van der Waals surface area contributed by atoms with E-state index in [1.807, 2.05) is 49.3 Å². The van der Waals surface area contributed by atoms with Gasteiger partial charge in [-0.3, -0.25) is 0 Å². The molecule has 0 bridgehead atoms. The summed E-state index contributed by atoms with van der Waals surface area (Å²) < 4.78 is 0. The van der Waals surface area contributed by atoms with Crippen molar-refractivity contribution in [1.82, 2.24) is 4.98 Å². The Morgan fingerprint density at radius 1 is 1.13 bits per heavy atom. The summed E-state index contributed by atoms with van der Waals surface area (Å²) in [5.74, 6) is -0.327. The highest BCUT2D eigenvalue weighted by Crippen LogP contribution is 2.35. The minimum Gasteiger partial charge on any atom is -0.478 e. The zero-order valence-electron chi connectivity index (χ0n) is 12.9. The molecule has 3 N–H and O–H groups in total. The lowest BCUT2D eigenvalue weighted by Gasteiger charge is -2.18. The topological polar surface area (TPSA) is 79.5 Å². The molecular formula is C18H17N3O2. The maximum atomic E-state index is 11.6. The van der Waals surface area contributed by atoms with E-state index in [-0.39, 0.29) is 5.56 Å². The second-order valence-corrected chi connectivity index (χ2v) is 5.55. The summed E-state index contributed by atoms with van der Waals surface area (Å²) >= 11 is 0. The third-order valence-corrected chi connectivity index (χ3v) is 3.77. The zero-order chi connectivity index (χ0) is 16.6. The zero-order valence-corrected chi connectivity index (χ0v) is 12.9. The summed E-state index contributed by atoms with van der Waals surface area (Å²) in [4.78, 5) is 17.9. The highest BCUT2D eigenvalue weighted by molar-refractivity contribution is 6.12. The van der Waals surface area contributed by atoms with Gasteiger partial charge in [0.25, 0.3) is 0 Å². The van der Waals surface area contributed by atoms with Crippen LogP contribution in [0.3, 0.4) is 0 Å². The fourth-order valence-corrected chi connectivity index (χ4v) is 2.69. The molecule has 0 saturated heterocycles. The third kappa shape index (κ3) is 2.57. The number of carbonyl (C=O) groups is 1.